The molecule has 2 heterocycles. The van der Waals surface area contributed by atoms with Gasteiger partial charge in [0.2, 0.25) is 0 Å². The van der Waals surface area contributed by atoms with E-state index in [1.165, 1.54) is 0 Å². The smallest absolute Gasteiger partial charge is 0.319 e. The molecule has 1 fully saturated rings. The molecule has 2 amide bonds. The Kier molecular flexibility index (Phi) is 4.39. The Hall–Kier alpha value is -2.34. The fourth-order valence-corrected chi connectivity index (χ4v) is 2.54. The third kappa shape index (κ3) is 3.46. The van der Waals surface area contributed by atoms with E-state index in [4.69, 9.17) is 4.74 Å². The highest BCUT2D eigenvalue weighted by molar-refractivity contribution is 5.89. The number of carbonyl (C=O) groups excluding carboxylic acids is 1. The Labute approximate surface area is 129 Å². The molecule has 116 valence electrons. The summed E-state index contributed by atoms with van der Waals surface area (Å²) >= 11 is 0. The lowest BCUT2D eigenvalue weighted by Gasteiger charge is -2.12. The molecule has 6 nitrogen and oxygen atoms in total. The zero-order chi connectivity index (χ0) is 15.4. The minimum atomic E-state index is -0.218. The number of anilines is 1. The summed E-state index contributed by atoms with van der Waals surface area (Å²) in [5.74, 6) is 0. The summed E-state index contributed by atoms with van der Waals surface area (Å²) in [5.41, 5.74) is 2.69. The standard InChI is InChI=1S/C16H20N4O2/c1-12-7-8-18-20(12)14-5-2-4-13(10-14)19-16(21)17-11-15-6-3-9-22-15/h2,4-5,7-8,10,15H,3,6,9,11H2,1H3,(H2,17,19,21)/t15-/m1/s1. The quantitative estimate of drug-likeness (QED) is 0.911. The van der Waals surface area contributed by atoms with Crippen molar-refractivity contribution in [3.05, 3.63) is 42.2 Å². The van der Waals surface area contributed by atoms with E-state index in [0.29, 0.717) is 6.54 Å². The van der Waals surface area contributed by atoms with Gasteiger partial charge in [0.1, 0.15) is 0 Å². The molecule has 2 N–H and O–H groups in total. The SMILES string of the molecule is Cc1ccnn1-c1cccc(NC(=O)NC[C@H]2CCCO2)c1. The predicted molar refractivity (Wildman–Crippen MR) is 84.3 cm³/mol. The highest BCUT2D eigenvalue weighted by atomic mass is 16.5. The van der Waals surface area contributed by atoms with Crippen LogP contribution in [0, 0.1) is 6.92 Å². The molecule has 0 saturated carbocycles. The molecule has 1 aliphatic heterocycles. The van der Waals surface area contributed by atoms with Crippen LogP contribution in [0.4, 0.5) is 10.5 Å². The lowest BCUT2D eigenvalue weighted by molar-refractivity contribution is 0.112. The summed E-state index contributed by atoms with van der Waals surface area (Å²) in [5, 5.41) is 9.95. The van der Waals surface area contributed by atoms with Gasteiger partial charge >= 0.3 is 6.03 Å². The van der Waals surface area contributed by atoms with Crippen LogP contribution in [-0.4, -0.2) is 35.1 Å². The first kappa shape index (κ1) is 14.6. The summed E-state index contributed by atoms with van der Waals surface area (Å²) in [4.78, 5) is 11.9. The molecule has 0 aliphatic carbocycles. The number of rotatable bonds is 4. The molecule has 0 unspecified atom stereocenters. The van der Waals surface area contributed by atoms with Crippen LogP contribution in [0.15, 0.2) is 36.5 Å². The first-order valence-electron chi connectivity index (χ1n) is 7.50. The van der Waals surface area contributed by atoms with Crippen LogP contribution in [0.2, 0.25) is 0 Å². The van der Waals surface area contributed by atoms with E-state index in [0.717, 1.165) is 36.5 Å². The second-order valence-electron chi connectivity index (χ2n) is 5.40. The molecule has 1 atom stereocenters. The minimum Gasteiger partial charge on any atom is -0.376 e. The van der Waals surface area contributed by atoms with Gasteiger partial charge < -0.3 is 15.4 Å². The van der Waals surface area contributed by atoms with Crippen molar-refractivity contribution in [1.29, 1.82) is 0 Å². The third-order valence-electron chi connectivity index (χ3n) is 3.69. The van der Waals surface area contributed by atoms with Gasteiger partial charge in [-0.25, -0.2) is 9.48 Å². The van der Waals surface area contributed by atoms with Crippen LogP contribution in [0.3, 0.4) is 0 Å². The maximum atomic E-state index is 11.9. The third-order valence-corrected chi connectivity index (χ3v) is 3.69. The Bertz CT molecular complexity index is 647. The van der Waals surface area contributed by atoms with Gasteiger partial charge in [-0.1, -0.05) is 6.07 Å². The maximum absolute atomic E-state index is 11.9. The zero-order valence-electron chi connectivity index (χ0n) is 12.6. The molecule has 1 aromatic carbocycles. The summed E-state index contributed by atoms with van der Waals surface area (Å²) in [6, 6.07) is 9.32. The molecule has 1 aromatic heterocycles. The molecular formula is C16H20N4O2. The molecule has 0 radical (unpaired) electrons. The lowest BCUT2D eigenvalue weighted by atomic mass is 10.2. The van der Waals surface area contributed by atoms with Crippen LogP contribution in [0.25, 0.3) is 5.69 Å². The van der Waals surface area contributed by atoms with Gasteiger partial charge in [-0.3, -0.25) is 0 Å². The highest BCUT2D eigenvalue weighted by Gasteiger charge is 2.16. The van der Waals surface area contributed by atoms with Crippen molar-refractivity contribution in [2.24, 2.45) is 0 Å². The summed E-state index contributed by atoms with van der Waals surface area (Å²) in [6.07, 6.45) is 3.97. The van der Waals surface area contributed by atoms with Gasteiger partial charge in [-0.15, -0.1) is 0 Å². The lowest BCUT2D eigenvalue weighted by Crippen LogP contribution is -2.35. The van der Waals surface area contributed by atoms with E-state index in [1.807, 2.05) is 41.9 Å². The summed E-state index contributed by atoms with van der Waals surface area (Å²) in [6.45, 7) is 3.32. The Morgan fingerprint density at radius 3 is 3.09 bits per heavy atom. The van der Waals surface area contributed by atoms with Crippen molar-refractivity contribution in [3.8, 4) is 5.69 Å². The Morgan fingerprint density at radius 2 is 2.36 bits per heavy atom. The second kappa shape index (κ2) is 6.62. The average Bonchev–Trinajstić information content (AvgIpc) is 3.16. The van der Waals surface area contributed by atoms with Crippen LogP contribution < -0.4 is 10.6 Å². The second-order valence-corrected chi connectivity index (χ2v) is 5.40. The number of nitrogens with one attached hydrogen (secondary N) is 2. The van der Waals surface area contributed by atoms with Gasteiger partial charge in [-0.05, 0) is 44.0 Å². The van der Waals surface area contributed by atoms with E-state index >= 15 is 0 Å². The molecular weight excluding hydrogens is 280 g/mol. The molecule has 3 rings (SSSR count). The van der Waals surface area contributed by atoms with Gasteiger partial charge in [-0.2, -0.15) is 5.10 Å². The van der Waals surface area contributed by atoms with Crippen molar-refractivity contribution in [1.82, 2.24) is 15.1 Å². The first-order chi connectivity index (χ1) is 10.7. The number of nitrogens with zero attached hydrogens (tertiary/aromatic N) is 2. The average molecular weight is 300 g/mol. The monoisotopic (exact) mass is 300 g/mol. The number of aryl methyl sites for hydroxylation is 1. The number of urea groups is 1. The largest absolute Gasteiger partial charge is 0.376 e. The van der Waals surface area contributed by atoms with E-state index < -0.39 is 0 Å². The Balaban J connectivity index is 1.60. The van der Waals surface area contributed by atoms with Gasteiger partial charge in [0.25, 0.3) is 0 Å². The van der Waals surface area contributed by atoms with Crippen molar-refractivity contribution in [3.63, 3.8) is 0 Å². The van der Waals surface area contributed by atoms with Crippen molar-refractivity contribution < 1.29 is 9.53 Å². The van der Waals surface area contributed by atoms with Crippen LogP contribution in [-0.2, 0) is 4.74 Å². The topological polar surface area (TPSA) is 68.2 Å². The van der Waals surface area contributed by atoms with Crippen molar-refractivity contribution >= 4 is 11.7 Å². The fraction of sp³-hybridized carbons (Fsp3) is 0.375. The number of amides is 2. The number of aromatic nitrogens is 2. The van der Waals surface area contributed by atoms with Gasteiger partial charge in [0.05, 0.1) is 11.8 Å². The van der Waals surface area contributed by atoms with E-state index in [1.54, 1.807) is 6.20 Å². The first-order valence-corrected chi connectivity index (χ1v) is 7.50. The van der Waals surface area contributed by atoms with E-state index in [2.05, 4.69) is 15.7 Å². The number of carbonyl (C=O) groups is 1. The Morgan fingerprint density at radius 1 is 1.45 bits per heavy atom. The maximum Gasteiger partial charge on any atom is 0.319 e. The zero-order valence-corrected chi connectivity index (χ0v) is 12.6. The van der Waals surface area contributed by atoms with Crippen molar-refractivity contribution in [2.45, 2.75) is 25.9 Å². The number of hydrogen-bond donors (Lipinski definition) is 2. The predicted octanol–water partition coefficient (Wildman–Crippen LogP) is 2.48. The number of ether oxygens (including phenoxy) is 1. The minimum absolute atomic E-state index is 0.142. The van der Waals surface area contributed by atoms with Crippen molar-refractivity contribution in [2.75, 3.05) is 18.5 Å². The highest BCUT2D eigenvalue weighted by Crippen LogP contribution is 2.16. The molecule has 1 aliphatic rings. The van der Waals surface area contributed by atoms with Gasteiger partial charge in [0.15, 0.2) is 0 Å². The molecule has 6 heteroatoms. The molecule has 22 heavy (non-hydrogen) atoms. The summed E-state index contributed by atoms with van der Waals surface area (Å²) in [7, 11) is 0. The van der Waals surface area contributed by atoms with Gasteiger partial charge in [0, 0.05) is 30.7 Å². The van der Waals surface area contributed by atoms with Crippen LogP contribution in [0.5, 0.6) is 0 Å². The molecule has 2 aromatic rings. The molecule has 1 saturated heterocycles. The fourth-order valence-electron chi connectivity index (χ4n) is 2.54. The van der Waals surface area contributed by atoms with Crippen LogP contribution >= 0.6 is 0 Å². The molecule has 0 spiro atoms. The number of benzene rings is 1. The normalized spacial score (nSPS) is 17.4. The van der Waals surface area contributed by atoms with Crippen LogP contribution in [0.1, 0.15) is 18.5 Å². The summed E-state index contributed by atoms with van der Waals surface area (Å²) < 4.78 is 7.31. The van der Waals surface area contributed by atoms with E-state index in [9.17, 15) is 4.79 Å². The molecule has 0 bridgehead atoms. The van der Waals surface area contributed by atoms with E-state index in [-0.39, 0.29) is 12.1 Å². The number of hydrogen-bond acceptors (Lipinski definition) is 3.